The Labute approximate surface area is 120 Å². The van der Waals surface area contributed by atoms with Crippen molar-refractivity contribution in [1.82, 2.24) is 9.78 Å². The third kappa shape index (κ3) is 2.71. The van der Waals surface area contributed by atoms with E-state index in [-0.39, 0.29) is 11.1 Å². The van der Waals surface area contributed by atoms with Crippen LogP contribution in [0.1, 0.15) is 31.1 Å². The normalized spacial score (nSPS) is 11.6. The van der Waals surface area contributed by atoms with Gasteiger partial charge in [-0.2, -0.15) is 5.10 Å². The van der Waals surface area contributed by atoms with E-state index in [4.69, 9.17) is 0 Å². The molecule has 0 aliphatic rings. The summed E-state index contributed by atoms with van der Waals surface area (Å²) in [5, 5.41) is 13.8. The van der Waals surface area contributed by atoms with Crippen LogP contribution in [0.4, 0.5) is 0 Å². The second kappa shape index (κ2) is 4.81. The molecular weight excluding hydrogens is 308 g/mol. The first-order valence-electron chi connectivity index (χ1n) is 5.89. The van der Waals surface area contributed by atoms with E-state index in [2.05, 4.69) is 21.0 Å². The topological polar surface area (TPSA) is 55.1 Å². The first kappa shape index (κ1) is 13.8. The number of rotatable bonds is 2. The van der Waals surface area contributed by atoms with Gasteiger partial charge in [-0.3, -0.25) is 4.68 Å². The first-order valence-corrected chi connectivity index (χ1v) is 6.68. The number of carbonyl (C=O) groups is 1. The molecule has 1 aromatic carbocycles. The van der Waals surface area contributed by atoms with Crippen molar-refractivity contribution in [2.45, 2.75) is 26.3 Å². The van der Waals surface area contributed by atoms with Crippen molar-refractivity contribution >= 4 is 21.9 Å². The molecule has 2 rings (SSSR count). The molecule has 0 aliphatic carbocycles. The molecule has 4 nitrogen and oxygen atoms in total. The molecule has 1 aromatic heterocycles. The van der Waals surface area contributed by atoms with Crippen LogP contribution in [-0.4, -0.2) is 20.9 Å². The second-order valence-electron chi connectivity index (χ2n) is 5.29. The van der Waals surface area contributed by atoms with Crippen molar-refractivity contribution in [3.63, 3.8) is 0 Å². The average Bonchev–Trinajstić information content (AvgIpc) is 2.74. The Hall–Kier alpha value is -1.62. The molecule has 0 bridgehead atoms. The van der Waals surface area contributed by atoms with Crippen molar-refractivity contribution < 1.29 is 9.90 Å². The Morgan fingerprint density at radius 1 is 1.32 bits per heavy atom. The number of aromatic carboxylic acids is 1. The zero-order valence-corrected chi connectivity index (χ0v) is 12.6. The maximum Gasteiger partial charge on any atom is 0.339 e. The average molecular weight is 323 g/mol. The van der Waals surface area contributed by atoms with Gasteiger partial charge in [0.05, 0.1) is 5.54 Å². The fourth-order valence-corrected chi connectivity index (χ4v) is 2.20. The minimum Gasteiger partial charge on any atom is -0.478 e. The van der Waals surface area contributed by atoms with E-state index in [0.717, 1.165) is 10.0 Å². The predicted molar refractivity (Wildman–Crippen MR) is 77.3 cm³/mol. The van der Waals surface area contributed by atoms with Gasteiger partial charge < -0.3 is 5.11 Å². The largest absolute Gasteiger partial charge is 0.478 e. The minimum absolute atomic E-state index is 0.210. The summed E-state index contributed by atoms with van der Waals surface area (Å²) in [4.78, 5) is 11.4. The standard InChI is InChI=1S/C14H15BrN2O2/c1-14(2,3)17-8-10(13(18)19)12(16-17)9-6-4-5-7-11(9)15/h4-8H,1-3H3,(H,18,19). The molecule has 1 N–H and O–H groups in total. The molecule has 19 heavy (non-hydrogen) atoms. The van der Waals surface area contributed by atoms with Crippen LogP contribution in [0, 0.1) is 0 Å². The van der Waals surface area contributed by atoms with Gasteiger partial charge in [0.1, 0.15) is 11.3 Å². The Balaban J connectivity index is 2.66. The number of carboxylic acid groups (broad SMARTS) is 1. The highest BCUT2D eigenvalue weighted by molar-refractivity contribution is 9.10. The van der Waals surface area contributed by atoms with Crippen LogP contribution >= 0.6 is 15.9 Å². The molecule has 0 atom stereocenters. The van der Waals surface area contributed by atoms with Crippen molar-refractivity contribution in [3.8, 4) is 11.3 Å². The number of halogens is 1. The summed E-state index contributed by atoms with van der Waals surface area (Å²) in [6.07, 6.45) is 1.58. The summed E-state index contributed by atoms with van der Waals surface area (Å²) < 4.78 is 2.52. The highest BCUT2D eigenvalue weighted by Crippen LogP contribution is 2.30. The lowest BCUT2D eigenvalue weighted by Crippen LogP contribution is -2.22. The monoisotopic (exact) mass is 322 g/mol. The third-order valence-electron chi connectivity index (χ3n) is 2.76. The van der Waals surface area contributed by atoms with Gasteiger partial charge in [-0.25, -0.2) is 4.79 Å². The molecule has 0 aliphatic heterocycles. The third-order valence-corrected chi connectivity index (χ3v) is 3.45. The highest BCUT2D eigenvalue weighted by Gasteiger charge is 2.23. The van der Waals surface area contributed by atoms with E-state index < -0.39 is 5.97 Å². The Morgan fingerprint density at radius 2 is 1.95 bits per heavy atom. The number of hydrogen-bond acceptors (Lipinski definition) is 2. The van der Waals surface area contributed by atoms with Crippen LogP contribution in [0.2, 0.25) is 0 Å². The minimum atomic E-state index is -0.971. The molecule has 0 radical (unpaired) electrons. The van der Waals surface area contributed by atoms with E-state index in [1.54, 1.807) is 10.9 Å². The smallest absolute Gasteiger partial charge is 0.339 e. The summed E-state index contributed by atoms with van der Waals surface area (Å²) in [6, 6.07) is 7.47. The van der Waals surface area contributed by atoms with Crippen LogP contribution < -0.4 is 0 Å². The molecule has 0 unspecified atom stereocenters. The van der Waals surface area contributed by atoms with Gasteiger partial charge in [-0.15, -0.1) is 0 Å². The number of aromatic nitrogens is 2. The number of nitrogens with zero attached hydrogens (tertiary/aromatic N) is 2. The van der Waals surface area contributed by atoms with Gasteiger partial charge in [0.25, 0.3) is 0 Å². The summed E-state index contributed by atoms with van der Waals surface area (Å²) in [7, 11) is 0. The maximum atomic E-state index is 11.4. The molecule has 0 fully saturated rings. The van der Waals surface area contributed by atoms with E-state index in [1.807, 2.05) is 45.0 Å². The number of benzene rings is 1. The zero-order valence-electron chi connectivity index (χ0n) is 11.0. The summed E-state index contributed by atoms with van der Waals surface area (Å²) in [6.45, 7) is 5.94. The van der Waals surface area contributed by atoms with Gasteiger partial charge in [-0.1, -0.05) is 34.1 Å². The fourth-order valence-electron chi connectivity index (χ4n) is 1.73. The van der Waals surface area contributed by atoms with E-state index >= 15 is 0 Å². The van der Waals surface area contributed by atoms with Crippen LogP contribution in [0.5, 0.6) is 0 Å². The zero-order chi connectivity index (χ0) is 14.2. The predicted octanol–water partition coefficient (Wildman–Crippen LogP) is 3.77. The molecule has 0 amide bonds. The van der Waals surface area contributed by atoms with Crippen LogP contribution in [0.3, 0.4) is 0 Å². The molecule has 1 heterocycles. The second-order valence-corrected chi connectivity index (χ2v) is 6.15. The SMILES string of the molecule is CC(C)(C)n1cc(C(=O)O)c(-c2ccccc2Br)n1. The lowest BCUT2D eigenvalue weighted by molar-refractivity contribution is 0.0697. The van der Waals surface area contributed by atoms with Gasteiger partial charge in [-0.05, 0) is 26.8 Å². The Morgan fingerprint density at radius 3 is 2.47 bits per heavy atom. The first-order chi connectivity index (χ1) is 8.80. The molecule has 0 saturated heterocycles. The summed E-state index contributed by atoms with van der Waals surface area (Å²) in [5.74, 6) is -0.971. The Kier molecular flexibility index (Phi) is 3.49. The highest BCUT2D eigenvalue weighted by atomic mass is 79.9. The molecular formula is C14H15BrN2O2. The molecule has 0 saturated carbocycles. The molecule has 100 valence electrons. The summed E-state index contributed by atoms with van der Waals surface area (Å²) in [5.41, 5.74) is 1.21. The van der Waals surface area contributed by atoms with Crippen molar-refractivity contribution in [2.24, 2.45) is 0 Å². The summed E-state index contributed by atoms with van der Waals surface area (Å²) >= 11 is 3.43. The lowest BCUT2D eigenvalue weighted by atomic mass is 10.1. The Bertz CT molecular complexity index is 627. The number of hydrogen-bond donors (Lipinski definition) is 1. The van der Waals surface area contributed by atoms with Gasteiger partial charge in [0.15, 0.2) is 0 Å². The van der Waals surface area contributed by atoms with Crippen molar-refractivity contribution in [3.05, 3.63) is 40.5 Å². The van der Waals surface area contributed by atoms with E-state index in [1.165, 1.54) is 0 Å². The molecule has 0 spiro atoms. The van der Waals surface area contributed by atoms with Crippen molar-refractivity contribution in [1.29, 1.82) is 0 Å². The lowest BCUT2D eigenvalue weighted by Gasteiger charge is -2.18. The van der Waals surface area contributed by atoms with E-state index in [9.17, 15) is 9.90 Å². The van der Waals surface area contributed by atoms with Gasteiger partial charge in [0, 0.05) is 16.2 Å². The number of carboxylic acids is 1. The van der Waals surface area contributed by atoms with Crippen molar-refractivity contribution in [2.75, 3.05) is 0 Å². The quantitative estimate of drug-likeness (QED) is 0.915. The van der Waals surface area contributed by atoms with Gasteiger partial charge >= 0.3 is 5.97 Å². The van der Waals surface area contributed by atoms with Crippen LogP contribution in [0.15, 0.2) is 34.9 Å². The van der Waals surface area contributed by atoms with E-state index in [0.29, 0.717) is 5.69 Å². The van der Waals surface area contributed by atoms with Gasteiger partial charge in [0.2, 0.25) is 0 Å². The maximum absolute atomic E-state index is 11.4. The fraction of sp³-hybridized carbons (Fsp3) is 0.286. The molecule has 5 heteroatoms. The van der Waals surface area contributed by atoms with Crippen LogP contribution in [0.25, 0.3) is 11.3 Å². The molecule has 2 aromatic rings. The van der Waals surface area contributed by atoms with Crippen LogP contribution in [-0.2, 0) is 5.54 Å².